The molecule has 6 nitrogen and oxygen atoms in total. The number of furan rings is 1. The van der Waals surface area contributed by atoms with Crippen LogP contribution in [-0.4, -0.2) is 25.1 Å². The van der Waals surface area contributed by atoms with Gasteiger partial charge in [-0.2, -0.15) is 0 Å². The summed E-state index contributed by atoms with van der Waals surface area (Å²) in [4.78, 5) is 16.8. The largest absolute Gasteiger partial charge is 0.497 e. The first-order valence-electron chi connectivity index (χ1n) is 8.15. The highest BCUT2D eigenvalue weighted by Gasteiger charge is 2.13. The van der Waals surface area contributed by atoms with Crippen molar-refractivity contribution in [3.8, 4) is 23.0 Å². The van der Waals surface area contributed by atoms with Gasteiger partial charge in [-0.25, -0.2) is 4.98 Å². The van der Waals surface area contributed by atoms with Crippen LogP contribution in [0.1, 0.15) is 10.4 Å². The van der Waals surface area contributed by atoms with Gasteiger partial charge in [-0.05, 0) is 48.5 Å². The smallest absolute Gasteiger partial charge is 0.257 e. The molecular formula is C20H16N2O4S. The normalized spacial score (nSPS) is 10.7. The van der Waals surface area contributed by atoms with Crippen molar-refractivity contribution in [1.29, 1.82) is 0 Å². The Morgan fingerprint density at radius 3 is 2.52 bits per heavy atom. The van der Waals surface area contributed by atoms with E-state index in [0.717, 1.165) is 16.7 Å². The monoisotopic (exact) mass is 380 g/mol. The molecule has 0 atom stereocenters. The Hall–Kier alpha value is -3.32. The second-order valence-corrected chi connectivity index (χ2v) is 6.59. The molecule has 2 aromatic carbocycles. The Labute approximate surface area is 159 Å². The number of amides is 1. The van der Waals surface area contributed by atoms with Crippen molar-refractivity contribution in [3.05, 3.63) is 59.5 Å². The van der Waals surface area contributed by atoms with E-state index in [4.69, 9.17) is 13.9 Å². The van der Waals surface area contributed by atoms with Gasteiger partial charge in [0.1, 0.15) is 22.8 Å². The van der Waals surface area contributed by atoms with Gasteiger partial charge in [-0.3, -0.25) is 10.1 Å². The van der Waals surface area contributed by atoms with Gasteiger partial charge in [0.2, 0.25) is 0 Å². The molecule has 0 saturated carbocycles. The molecule has 0 unspecified atom stereocenters. The van der Waals surface area contributed by atoms with Crippen LogP contribution in [0.2, 0.25) is 0 Å². The first-order chi connectivity index (χ1) is 13.2. The van der Waals surface area contributed by atoms with Gasteiger partial charge in [-0.15, -0.1) is 11.3 Å². The standard InChI is InChI=1S/C20H16N2O4S/c1-24-14-5-3-12(4-6-14)19(23)22-20-21-16(11-27-20)18-10-13-9-15(25-2)7-8-17(13)26-18/h3-11H,1-2H3,(H,21,22,23). The number of benzene rings is 2. The van der Waals surface area contributed by atoms with Crippen molar-refractivity contribution in [2.24, 2.45) is 0 Å². The third kappa shape index (κ3) is 3.50. The first-order valence-corrected chi connectivity index (χ1v) is 9.03. The lowest BCUT2D eigenvalue weighted by Crippen LogP contribution is -2.11. The fourth-order valence-corrected chi connectivity index (χ4v) is 3.33. The molecule has 0 radical (unpaired) electrons. The SMILES string of the molecule is COc1ccc(C(=O)Nc2nc(-c3cc4cc(OC)ccc4o3)cs2)cc1. The molecular weight excluding hydrogens is 364 g/mol. The number of rotatable bonds is 5. The summed E-state index contributed by atoms with van der Waals surface area (Å²) in [7, 11) is 3.21. The topological polar surface area (TPSA) is 73.6 Å². The molecule has 0 saturated heterocycles. The molecule has 27 heavy (non-hydrogen) atoms. The van der Waals surface area contributed by atoms with Gasteiger partial charge in [-0.1, -0.05) is 0 Å². The fourth-order valence-electron chi connectivity index (χ4n) is 2.63. The molecule has 7 heteroatoms. The number of thiazole rings is 1. The van der Waals surface area contributed by atoms with E-state index in [-0.39, 0.29) is 5.91 Å². The van der Waals surface area contributed by atoms with Gasteiger partial charge in [0, 0.05) is 16.3 Å². The average molecular weight is 380 g/mol. The summed E-state index contributed by atoms with van der Waals surface area (Å²) in [6.45, 7) is 0. The number of ether oxygens (including phenoxy) is 2. The van der Waals surface area contributed by atoms with Gasteiger partial charge >= 0.3 is 0 Å². The lowest BCUT2D eigenvalue weighted by Gasteiger charge is -2.03. The van der Waals surface area contributed by atoms with E-state index >= 15 is 0 Å². The Balaban J connectivity index is 1.53. The van der Waals surface area contributed by atoms with Crippen LogP contribution in [-0.2, 0) is 0 Å². The second-order valence-electron chi connectivity index (χ2n) is 5.73. The zero-order valence-electron chi connectivity index (χ0n) is 14.7. The molecule has 4 rings (SSSR count). The summed E-state index contributed by atoms with van der Waals surface area (Å²) in [6, 6.07) is 14.4. The Morgan fingerprint density at radius 2 is 1.78 bits per heavy atom. The summed E-state index contributed by atoms with van der Waals surface area (Å²) in [5, 5.41) is 6.08. The number of hydrogen-bond acceptors (Lipinski definition) is 6. The van der Waals surface area contributed by atoms with Crippen LogP contribution in [0.15, 0.2) is 58.3 Å². The van der Waals surface area contributed by atoms with E-state index in [2.05, 4.69) is 10.3 Å². The van der Waals surface area contributed by atoms with Gasteiger partial charge in [0.25, 0.3) is 5.91 Å². The van der Waals surface area contributed by atoms with E-state index in [1.807, 2.05) is 29.6 Å². The molecule has 1 amide bonds. The number of anilines is 1. The van der Waals surface area contributed by atoms with E-state index in [0.29, 0.717) is 27.9 Å². The molecule has 0 fully saturated rings. The summed E-state index contributed by atoms with van der Waals surface area (Å²) < 4.78 is 16.2. The molecule has 0 aliphatic rings. The minimum Gasteiger partial charge on any atom is -0.497 e. The lowest BCUT2D eigenvalue weighted by molar-refractivity contribution is 0.102. The fraction of sp³-hybridized carbons (Fsp3) is 0.100. The molecule has 0 bridgehead atoms. The Kier molecular flexibility index (Phi) is 4.52. The third-order valence-corrected chi connectivity index (χ3v) is 4.81. The molecule has 2 heterocycles. The van der Waals surface area contributed by atoms with Gasteiger partial charge < -0.3 is 13.9 Å². The highest BCUT2D eigenvalue weighted by molar-refractivity contribution is 7.14. The average Bonchev–Trinajstić information content (AvgIpc) is 3.33. The maximum absolute atomic E-state index is 12.3. The maximum Gasteiger partial charge on any atom is 0.257 e. The number of hydrogen-bond donors (Lipinski definition) is 1. The molecule has 0 aliphatic carbocycles. The quantitative estimate of drug-likeness (QED) is 0.537. The molecule has 0 spiro atoms. The first kappa shape index (κ1) is 17.1. The minimum atomic E-state index is -0.229. The third-order valence-electron chi connectivity index (χ3n) is 4.05. The Morgan fingerprint density at radius 1 is 1.04 bits per heavy atom. The van der Waals surface area contributed by atoms with Crippen LogP contribution in [0.5, 0.6) is 11.5 Å². The van der Waals surface area contributed by atoms with Crippen molar-refractivity contribution >= 4 is 33.3 Å². The number of nitrogens with one attached hydrogen (secondary N) is 1. The van der Waals surface area contributed by atoms with E-state index in [9.17, 15) is 4.79 Å². The summed E-state index contributed by atoms with van der Waals surface area (Å²) in [5.74, 6) is 1.87. The maximum atomic E-state index is 12.3. The van der Waals surface area contributed by atoms with E-state index in [1.54, 1.807) is 38.5 Å². The van der Waals surface area contributed by atoms with E-state index in [1.165, 1.54) is 11.3 Å². The molecule has 136 valence electrons. The molecule has 1 N–H and O–H groups in total. The number of methoxy groups -OCH3 is 2. The van der Waals surface area contributed by atoms with Crippen molar-refractivity contribution in [2.75, 3.05) is 19.5 Å². The Bertz CT molecular complexity index is 1100. The molecule has 0 aliphatic heterocycles. The zero-order valence-corrected chi connectivity index (χ0v) is 15.5. The van der Waals surface area contributed by atoms with Gasteiger partial charge in [0.15, 0.2) is 10.9 Å². The highest BCUT2D eigenvalue weighted by Crippen LogP contribution is 2.32. The van der Waals surface area contributed by atoms with Crippen LogP contribution < -0.4 is 14.8 Å². The van der Waals surface area contributed by atoms with Crippen molar-refractivity contribution in [1.82, 2.24) is 4.98 Å². The number of carbonyl (C=O) groups is 1. The van der Waals surface area contributed by atoms with Crippen LogP contribution in [0.25, 0.3) is 22.4 Å². The van der Waals surface area contributed by atoms with Gasteiger partial charge in [0.05, 0.1) is 14.2 Å². The molecule has 4 aromatic rings. The summed E-state index contributed by atoms with van der Waals surface area (Å²) in [6.07, 6.45) is 0. The van der Waals surface area contributed by atoms with Crippen molar-refractivity contribution < 1.29 is 18.7 Å². The predicted octanol–water partition coefficient (Wildman–Crippen LogP) is 4.83. The molecule has 2 aromatic heterocycles. The van der Waals surface area contributed by atoms with Crippen LogP contribution in [0.3, 0.4) is 0 Å². The number of nitrogens with zero attached hydrogens (tertiary/aromatic N) is 1. The van der Waals surface area contributed by atoms with Crippen LogP contribution >= 0.6 is 11.3 Å². The van der Waals surface area contributed by atoms with E-state index < -0.39 is 0 Å². The predicted molar refractivity (Wildman–Crippen MR) is 105 cm³/mol. The number of fused-ring (bicyclic) bond motifs is 1. The minimum absolute atomic E-state index is 0.229. The van der Waals surface area contributed by atoms with Crippen LogP contribution in [0, 0.1) is 0 Å². The lowest BCUT2D eigenvalue weighted by atomic mass is 10.2. The number of aromatic nitrogens is 1. The van der Waals surface area contributed by atoms with Crippen LogP contribution in [0.4, 0.5) is 5.13 Å². The number of carbonyl (C=O) groups excluding carboxylic acids is 1. The summed E-state index contributed by atoms with van der Waals surface area (Å²) >= 11 is 1.34. The second kappa shape index (κ2) is 7.13. The van der Waals surface area contributed by atoms with Crippen molar-refractivity contribution in [2.45, 2.75) is 0 Å². The highest BCUT2D eigenvalue weighted by atomic mass is 32.1. The summed E-state index contributed by atoms with van der Waals surface area (Å²) in [5.41, 5.74) is 1.95. The zero-order chi connectivity index (χ0) is 18.8. The van der Waals surface area contributed by atoms with Crippen molar-refractivity contribution in [3.63, 3.8) is 0 Å².